The van der Waals surface area contributed by atoms with Gasteiger partial charge in [0.05, 0.1) is 4.90 Å². The number of fused-ring (bicyclic) bond motifs is 1. The highest BCUT2D eigenvalue weighted by molar-refractivity contribution is 7.89. The highest BCUT2D eigenvalue weighted by Gasteiger charge is 2.38. The third-order valence-electron chi connectivity index (χ3n) is 4.21. The maximum atomic E-state index is 12.7. The van der Waals surface area contributed by atoms with Crippen LogP contribution in [0, 0.1) is 0 Å². The molecule has 5 nitrogen and oxygen atoms in total. The summed E-state index contributed by atoms with van der Waals surface area (Å²) in [6.45, 7) is 0.368. The lowest BCUT2D eigenvalue weighted by atomic mass is 10.1. The molecule has 108 valence electrons. The number of carbonyl (C=O) groups is 1. The van der Waals surface area contributed by atoms with Gasteiger partial charge in [-0.3, -0.25) is 4.79 Å². The Labute approximate surface area is 118 Å². The molecule has 1 heterocycles. The number of hydrogen-bond acceptors (Lipinski definition) is 3. The zero-order valence-electron chi connectivity index (χ0n) is 11.2. The Balaban J connectivity index is 1.97. The Morgan fingerprint density at radius 1 is 1.20 bits per heavy atom. The fourth-order valence-corrected chi connectivity index (χ4v) is 4.87. The van der Waals surface area contributed by atoms with E-state index >= 15 is 0 Å². The van der Waals surface area contributed by atoms with Gasteiger partial charge in [0.15, 0.2) is 0 Å². The van der Waals surface area contributed by atoms with Gasteiger partial charge in [0, 0.05) is 6.54 Å². The van der Waals surface area contributed by atoms with E-state index in [9.17, 15) is 13.2 Å². The van der Waals surface area contributed by atoms with Crippen LogP contribution in [0.15, 0.2) is 23.1 Å². The summed E-state index contributed by atoms with van der Waals surface area (Å²) >= 11 is 0. The molecular formula is C14H18N2O3S. The van der Waals surface area contributed by atoms with E-state index in [0.29, 0.717) is 19.4 Å². The molecule has 1 aliphatic carbocycles. The van der Waals surface area contributed by atoms with Gasteiger partial charge in [-0.15, -0.1) is 0 Å². The first-order valence-electron chi connectivity index (χ1n) is 6.93. The Morgan fingerprint density at radius 2 is 1.95 bits per heavy atom. The third-order valence-corrected chi connectivity index (χ3v) is 6.11. The van der Waals surface area contributed by atoms with Crippen LogP contribution in [0.3, 0.4) is 0 Å². The number of hydrogen-bond donors (Lipinski definition) is 1. The van der Waals surface area contributed by atoms with Crippen molar-refractivity contribution in [2.24, 2.45) is 5.73 Å². The Kier molecular flexibility index (Phi) is 3.30. The zero-order valence-corrected chi connectivity index (χ0v) is 12.0. The molecule has 3 rings (SSSR count). The van der Waals surface area contributed by atoms with Gasteiger partial charge in [0.2, 0.25) is 15.9 Å². The minimum absolute atomic E-state index is 0.284. The second-order valence-corrected chi connectivity index (χ2v) is 7.35. The van der Waals surface area contributed by atoms with Gasteiger partial charge in [0.1, 0.15) is 6.04 Å². The van der Waals surface area contributed by atoms with E-state index < -0.39 is 22.0 Å². The molecule has 1 atom stereocenters. The molecule has 0 spiro atoms. The SMILES string of the molecule is NC(=O)[C@@H]1CCCN1S(=O)(=O)c1ccc2c(c1)CCC2. The molecule has 0 aromatic heterocycles. The van der Waals surface area contributed by atoms with E-state index in [-0.39, 0.29) is 4.90 Å². The second-order valence-electron chi connectivity index (χ2n) is 5.46. The molecule has 0 unspecified atom stereocenters. The van der Waals surface area contributed by atoms with E-state index in [1.807, 2.05) is 6.07 Å². The molecule has 1 saturated heterocycles. The van der Waals surface area contributed by atoms with Crippen LogP contribution in [-0.4, -0.2) is 31.2 Å². The van der Waals surface area contributed by atoms with Gasteiger partial charge in [0.25, 0.3) is 0 Å². The molecule has 1 aliphatic heterocycles. The van der Waals surface area contributed by atoms with Crippen molar-refractivity contribution in [2.45, 2.75) is 43.0 Å². The van der Waals surface area contributed by atoms with Gasteiger partial charge < -0.3 is 5.73 Å². The molecule has 0 bridgehead atoms. The van der Waals surface area contributed by atoms with Crippen LogP contribution in [0.1, 0.15) is 30.4 Å². The Hall–Kier alpha value is -1.40. The van der Waals surface area contributed by atoms with Gasteiger partial charge in [-0.1, -0.05) is 6.07 Å². The Bertz CT molecular complexity index is 654. The van der Waals surface area contributed by atoms with Crippen LogP contribution >= 0.6 is 0 Å². The molecule has 1 fully saturated rings. The lowest BCUT2D eigenvalue weighted by Crippen LogP contribution is -2.43. The van der Waals surface area contributed by atoms with Gasteiger partial charge >= 0.3 is 0 Å². The lowest BCUT2D eigenvalue weighted by molar-refractivity contribution is -0.121. The number of nitrogens with zero attached hydrogens (tertiary/aromatic N) is 1. The average Bonchev–Trinajstić information content (AvgIpc) is 3.06. The van der Waals surface area contributed by atoms with E-state index in [1.165, 1.54) is 9.87 Å². The number of nitrogens with two attached hydrogens (primary N) is 1. The number of sulfonamides is 1. The van der Waals surface area contributed by atoms with E-state index in [4.69, 9.17) is 5.73 Å². The monoisotopic (exact) mass is 294 g/mol. The molecule has 6 heteroatoms. The zero-order chi connectivity index (χ0) is 14.3. The number of amides is 1. The number of primary amides is 1. The summed E-state index contributed by atoms with van der Waals surface area (Å²) in [5, 5.41) is 0. The largest absolute Gasteiger partial charge is 0.368 e. The maximum absolute atomic E-state index is 12.7. The summed E-state index contributed by atoms with van der Waals surface area (Å²) in [5.41, 5.74) is 7.65. The van der Waals surface area contributed by atoms with Crippen molar-refractivity contribution in [3.05, 3.63) is 29.3 Å². The van der Waals surface area contributed by atoms with E-state index in [0.717, 1.165) is 24.8 Å². The average molecular weight is 294 g/mol. The molecule has 2 aliphatic rings. The van der Waals surface area contributed by atoms with Crippen molar-refractivity contribution in [2.75, 3.05) is 6.54 Å². The summed E-state index contributed by atoms with van der Waals surface area (Å²) in [6, 6.07) is 4.60. The van der Waals surface area contributed by atoms with E-state index in [2.05, 4.69) is 0 Å². The summed E-state index contributed by atoms with van der Waals surface area (Å²) in [4.78, 5) is 11.7. The molecular weight excluding hydrogens is 276 g/mol. The number of rotatable bonds is 3. The molecule has 1 amide bonds. The topological polar surface area (TPSA) is 80.5 Å². The van der Waals surface area contributed by atoms with Crippen LogP contribution in [0.4, 0.5) is 0 Å². The van der Waals surface area contributed by atoms with Crippen LogP contribution < -0.4 is 5.73 Å². The number of aryl methyl sites for hydroxylation is 2. The van der Waals surface area contributed by atoms with Crippen molar-refractivity contribution in [3.63, 3.8) is 0 Å². The number of benzene rings is 1. The van der Waals surface area contributed by atoms with Crippen LogP contribution in [0.25, 0.3) is 0 Å². The number of carbonyl (C=O) groups excluding carboxylic acids is 1. The minimum Gasteiger partial charge on any atom is -0.368 e. The maximum Gasteiger partial charge on any atom is 0.243 e. The quantitative estimate of drug-likeness (QED) is 0.896. The predicted molar refractivity (Wildman–Crippen MR) is 74.6 cm³/mol. The van der Waals surface area contributed by atoms with Crippen LogP contribution in [0.5, 0.6) is 0 Å². The van der Waals surface area contributed by atoms with Gasteiger partial charge in [-0.05, 0) is 55.4 Å². The van der Waals surface area contributed by atoms with Crippen molar-refractivity contribution in [1.29, 1.82) is 0 Å². The molecule has 1 aromatic rings. The highest BCUT2D eigenvalue weighted by atomic mass is 32.2. The second kappa shape index (κ2) is 4.86. The van der Waals surface area contributed by atoms with Crippen molar-refractivity contribution in [1.82, 2.24) is 4.31 Å². The lowest BCUT2D eigenvalue weighted by Gasteiger charge is -2.22. The molecule has 20 heavy (non-hydrogen) atoms. The molecule has 1 aromatic carbocycles. The van der Waals surface area contributed by atoms with Crippen molar-refractivity contribution >= 4 is 15.9 Å². The van der Waals surface area contributed by atoms with Crippen molar-refractivity contribution < 1.29 is 13.2 Å². The van der Waals surface area contributed by atoms with E-state index in [1.54, 1.807) is 12.1 Å². The summed E-state index contributed by atoms with van der Waals surface area (Å²) in [7, 11) is -3.62. The Morgan fingerprint density at radius 3 is 2.70 bits per heavy atom. The molecule has 0 saturated carbocycles. The molecule has 2 N–H and O–H groups in total. The smallest absolute Gasteiger partial charge is 0.243 e. The standard InChI is InChI=1S/C14H18N2O3S/c15-14(17)13-5-2-8-16(13)20(18,19)12-7-6-10-3-1-4-11(10)9-12/h6-7,9,13H,1-5,8H2,(H2,15,17)/t13-/m0/s1. The first kappa shape index (κ1) is 13.6. The first-order valence-corrected chi connectivity index (χ1v) is 8.37. The third kappa shape index (κ3) is 2.13. The van der Waals surface area contributed by atoms with Crippen molar-refractivity contribution in [3.8, 4) is 0 Å². The van der Waals surface area contributed by atoms with Crippen LogP contribution in [-0.2, 0) is 27.7 Å². The van der Waals surface area contributed by atoms with Gasteiger partial charge in [-0.25, -0.2) is 8.42 Å². The minimum atomic E-state index is -3.62. The first-order chi connectivity index (χ1) is 9.50. The van der Waals surface area contributed by atoms with Crippen LogP contribution in [0.2, 0.25) is 0 Å². The molecule has 0 radical (unpaired) electrons. The highest BCUT2D eigenvalue weighted by Crippen LogP contribution is 2.29. The summed E-state index contributed by atoms with van der Waals surface area (Å²) < 4.78 is 26.6. The fourth-order valence-electron chi connectivity index (χ4n) is 3.16. The van der Waals surface area contributed by atoms with Gasteiger partial charge in [-0.2, -0.15) is 4.31 Å². The summed E-state index contributed by atoms with van der Waals surface area (Å²) in [5.74, 6) is -0.563. The summed E-state index contributed by atoms with van der Waals surface area (Å²) in [6.07, 6.45) is 4.21. The normalized spacial score (nSPS) is 22.9. The fraction of sp³-hybridized carbons (Fsp3) is 0.500. The predicted octanol–water partition coefficient (Wildman–Crippen LogP) is 0.814.